The zero-order valence-corrected chi connectivity index (χ0v) is 15.1. The first-order chi connectivity index (χ1) is 10.8. The lowest BCUT2D eigenvalue weighted by Gasteiger charge is -2.27. The molecule has 0 aliphatic carbocycles. The predicted octanol–water partition coefficient (Wildman–Crippen LogP) is 5.76. The van der Waals surface area contributed by atoms with Gasteiger partial charge in [-0.2, -0.15) is 26.3 Å². The molecule has 0 aromatic heterocycles. The van der Waals surface area contributed by atoms with Gasteiger partial charge >= 0.3 is 24.0 Å². The van der Waals surface area contributed by atoms with Crippen molar-refractivity contribution in [3.05, 3.63) is 44.0 Å². The summed E-state index contributed by atoms with van der Waals surface area (Å²) in [6.45, 7) is -0.937. The molecule has 0 radical (unpaired) electrons. The number of hydrogen-bond acceptors (Lipinski definition) is 2. The highest BCUT2D eigenvalue weighted by molar-refractivity contribution is 14.1. The molecule has 0 amide bonds. The summed E-state index contributed by atoms with van der Waals surface area (Å²) in [6, 6.07) is 5.62. The standard InChI is InChI=1S/C13H7BrF7IO2/c14-8-3-1-7(2-4-8)10(23)24-6-9(22)5-11(15,12(16,17)18)13(19,20)21/h1-5H,6H2. The maximum absolute atomic E-state index is 13.5. The molecule has 0 heterocycles. The van der Waals surface area contributed by atoms with Crippen molar-refractivity contribution in [2.24, 2.45) is 0 Å². The Hall–Kier alpha value is -0.850. The summed E-state index contributed by atoms with van der Waals surface area (Å²) in [5.74, 6) is -0.978. The second-order valence-corrected chi connectivity index (χ2v) is 6.68. The number of benzene rings is 1. The lowest BCUT2D eigenvalue weighted by molar-refractivity contribution is -0.322. The lowest BCUT2D eigenvalue weighted by atomic mass is 10.0. The van der Waals surface area contributed by atoms with Crippen LogP contribution in [0.1, 0.15) is 10.4 Å². The minimum Gasteiger partial charge on any atom is -0.457 e. The highest BCUT2D eigenvalue weighted by Gasteiger charge is 2.71. The van der Waals surface area contributed by atoms with Crippen molar-refractivity contribution >= 4 is 44.5 Å². The van der Waals surface area contributed by atoms with Crippen molar-refractivity contribution in [1.82, 2.24) is 0 Å². The summed E-state index contributed by atoms with van der Waals surface area (Å²) < 4.78 is 92.4. The summed E-state index contributed by atoms with van der Waals surface area (Å²) in [6.07, 6.45) is -13.0. The molecule has 134 valence electrons. The fourth-order valence-electron chi connectivity index (χ4n) is 1.39. The average Bonchev–Trinajstić information content (AvgIpc) is 2.43. The smallest absolute Gasteiger partial charge is 0.435 e. The third-order valence-corrected chi connectivity index (χ3v) is 3.75. The van der Waals surface area contributed by atoms with Crippen LogP contribution in [0.5, 0.6) is 0 Å². The van der Waals surface area contributed by atoms with Gasteiger partial charge in [-0.05, 0) is 52.9 Å². The van der Waals surface area contributed by atoms with Crippen molar-refractivity contribution < 1.29 is 40.3 Å². The van der Waals surface area contributed by atoms with Crippen LogP contribution in [0.2, 0.25) is 0 Å². The molecular formula is C13H7BrF7IO2. The van der Waals surface area contributed by atoms with E-state index in [0.717, 1.165) is 22.6 Å². The first-order valence-corrected chi connectivity index (χ1v) is 7.77. The number of esters is 1. The van der Waals surface area contributed by atoms with E-state index in [1.54, 1.807) is 0 Å². The van der Waals surface area contributed by atoms with Crippen LogP contribution in [-0.2, 0) is 4.74 Å². The Balaban J connectivity index is 2.89. The van der Waals surface area contributed by atoms with Crippen molar-refractivity contribution in [2.45, 2.75) is 18.0 Å². The number of allylic oxidation sites excluding steroid dienone is 1. The van der Waals surface area contributed by atoms with Gasteiger partial charge in [0, 0.05) is 8.05 Å². The number of hydrogen-bond donors (Lipinski definition) is 0. The van der Waals surface area contributed by atoms with Crippen LogP contribution in [0.15, 0.2) is 38.4 Å². The molecule has 24 heavy (non-hydrogen) atoms. The third-order valence-electron chi connectivity index (χ3n) is 2.60. The lowest BCUT2D eigenvalue weighted by Crippen LogP contribution is -2.51. The van der Waals surface area contributed by atoms with Crippen molar-refractivity contribution in [1.29, 1.82) is 0 Å². The van der Waals surface area contributed by atoms with E-state index in [4.69, 9.17) is 0 Å². The number of rotatable bonds is 4. The molecule has 0 spiro atoms. The molecule has 0 aliphatic rings. The molecule has 0 atom stereocenters. The largest absolute Gasteiger partial charge is 0.457 e. The highest BCUT2D eigenvalue weighted by Crippen LogP contribution is 2.48. The van der Waals surface area contributed by atoms with Crippen LogP contribution in [0, 0.1) is 0 Å². The van der Waals surface area contributed by atoms with E-state index < -0.39 is 40.3 Å². The van der Waals surface area contributed by atoms with Gasteiger partial charge in [0.1, 0.15) is 6.61 Å². The second-order valence-electron chi connectivity index (χ2n) is 4.38. The quantitative estimate of drug-likeness (QED) is 0.279. The molecule has 0 saturated heterocycles. The molecule has 0 fully saturated rings. The number of alkyl halides is 7. The first-order valence-electron chi connectivity index (χ1n) is 5.90. The monoisotopic (exact) mass is 534 g/mol. The van der Waals surface area contributed by atoms with Crippen LogP contribution < -0.4 is 0 Å². The van der Waals surface area contributed by atoms with Crippen molar-refractivity contribution in [3.8, 4) is 0 Å². The summed E-state index contributed by atoms with van der Waals surface area (Å²) in [7, 11) is 0. The van der Waals surface area contributed by atoms with Crippen LogP contribution in [0.25, 0.3) is 0 Å². The zero-order valence-electron chi connectivity index (χ0n) is 11.3. The fourth-order valence-corrected chi connectivity index (χ4v) is 2.23. The highest BCUT2D eigenvalue weighted by atomic mass is 127. The fraction of sp³-hybridized carbons (Fsp3) is 0.308. The molecule has 0 saturated carbocycles. The van der Waals surface area contributed by atoms with E-state index in [1.165, 1.54) is 24.3 Å². The topological polar surface area (TPSA) is 26.3 Å². The van der Waals surface area contributed by atoms with E-state index in [2.05, 4.69) is 20.7 Å². The molecule has 11 heteroatoms. The second kappa shape index (κ2) is 7.58. The maximum atomic E-state index is 13.5. The van der Waals surface area contributed by atoms with Crippen LogP contribution >= 0.6 is 38.5 Å². The van der Waals surface area contributed by atoms with Crippen LogP contribution in [0.4, 0.5) is 30.7 Å². The molecular weight excluding hydrogens is 528 g/mol. The van der Waals surface area contributed by atoms with Gasteiger partial charge in [0.05, 0.1) is 5.56 Å². The zero-order chi connectivity index (χ0) is 18.8. The molecule has 2 nitrogen and oxygen atoms in total. The summed E-state index contributed by atoms with van der Waals surface area (Å²) in [4.78, 5) is 11.6. The molecule has 0 unspecified atom stereocenters. The molecule has 0 N–H and O–H groups in total. The predicted molar refractivity (Wildman–Crippen MR) is 82.5 cm³/mol. The summed E-state index contributed by atoms with van der Waals surface area (Å²) in [5, 5.41) is 0. The van der Waals surface area contributed by atoms with Gasteiger partial charge in [-0.25, -0.2) is 9.18 Å². The average molecular weight is 535 g/mol. The van der Waals surface area contributed by atoms with Gasteiger partial charge < -0.3 is 4.74 Å². The van der Waals surface area contributed by atoms with E-state index in [0.29, 0.717) is 4.47 Å². The van der Waals surface area contributed by atoms with E-state index in [9.17, 15) is 35.5 Å². The van der Waals surface area contributed by atoms with E-state index in [-0.39, 0.29) is 5.56 Å². The van der Waals surface area contributed by atoms with Gasteiger partial charge in [0.2, 0.25) is 0 Å². The third kappa shape index (κ3) is 5.07. The van der Waals surface area contributed by atoms with Gasteiger partial charge in [0.25, 0.3) is 0 Å². The Labute approximate surface area is 153 Å². The maximum Gasteiger partial charge on any atom is 0.435 e. The Kier molecular flexibility index (Phi) is 6.70. The van der Waals surface area contributed by atoms with Gasteiger partial charge in [-0.15, -0.1) is 0 Å². The minimum absolute atomic E-state index is 0.0283. The molecule has 0 aliphatic heterocycles. The van der Waals surface area contributed by atoms with Crippen LogP contribution in [-0.4, -0.2) is 30.6 Å². The normalized spacial score (nSPS) is 13.8. The number of ether oxygens (including phenoxy) is 1. The Morgan fingerprint density at radius 1 is 1.04 bits per heavy atom. The van der Waals surface area contributed by atoms with Crippen molar-refractivity contribution in [2.75, 3.05) is 6.61 Å². The SMILES string of the molecule is O=C(OCC(I)=CC(F)(C(F)(F)F)C(F)(F)F)c1ccc(Br)cc1. The van der Waals surface area contributed by atoms with Crippen LogP contribution in [0.3, 0.4) is 0 Å². The summed E-state index contributed by atoms with van der Waals surface area (Å²) >= 11 is 4.15. The number of carbonyl (C=O) groups excluding carboxylic acids is 1. The Bertz CT molecular complexity index is 609. The molecule has 0 bridgehead atoms. The Morgan fingerprint density at radius 2 is 1.50 bits per heavy atom. The van der Waals surface area contributed by atoms with Crippen molar-refractivity contribution in [3.63, 3.8) is 0 Å². The number of carbonyl (C=O) groups is 1. The molecule has 1 aromatic carbocycles. The molecule has 1 rings (SSSR count). The first kappa shape index (κ1) is 21.2. The Morgan fingerprint density at radius 3 is 1.92 bits per heavy atom. The van der Waals surface area contributed by atoms with Gasteiger partial charge in [-0.3, -0.25) is 0 Å². The van der Waals surface area contributed by atoms with E-state index in [1.807, 2.05) is 0 Å². The molecule has 1 aromatic rings. The summed E-state index contributed by atoms with van der Waals surface area (Å²) in [5.41, 5.74) is -5.50. The van der Waals surface area contributed by atoms with E-state index >= 15 is 0 Å². The number of halogens is 9. The minimum atomic E-state index is -6.20. The van der Waals surface area contributed by atoms with Gasteiger partial charge in [-0.1, -0.05) is 15.9 Å². The van der Waals surface area contributed by atoms with Gasteiger partial charge in [0.15, 0.2) is 0 Å².